The zero-order chi connectivity index (χ0) is 13.1. The van der Waals surface area contributed by atoms with Crippen molar-refractivity contribution in [3.63, 3.8) is 0 Å². The highest BCUT2D eigenvalue weighted by Gasteiger charge is 2.10. The number of rotatable bonds is 3. The normalized spacial score (nSPS) is 12.4. The molecule has 0 spiro atoms. The first-order valence-corrected chi connectivity index (χ1v) is 6.34. The Kier molecular flexibility index (Phi) is 3.93. The summed E-state index contributed by atoms with van der Waals surface area (Å²) in [7, 11) is 0. The summed E-state index contributed by atoms with van der Waals surface area (Å²) in [5, 5.41) is 14.2. The van der Waals surface area contributed by atoms with E-state index in [1.807, 2.05) is 31.2 Å². The number of hydrogen-bond acceptors (Lipinski definition) is 3. The molecule has 0 amide bonds. The van der Waals surface area contributed by atoms with Crippen molar-refractivity contribution in [3.05, 3.63) is 62.5 Å². The van der Waals surface area contributed by atoms with Gasteiger partial charge in [-0.25, -0.2) is 4.68 Å². The highest BCUT2D eigenvalue weighted by Crippen LogP contribution is 2.17. The van der Waals surface area contributed by atoms with Crippen molar-refractivity contribution in [3.8, 4) is 0 Å². The quantitative estimate of drug-likeness (QED) is 0.944. The average molecular weight is 309 g/mol. The summed E-state index contributed by atoms with van der Waals surface area (Å²) in [6.07, 6.45) is -0.745. The third-order valence-corrected chi connectivity index (χ3v) is 3.13. The molecule has 0 fully saturated rings. The fourth-order valence-electron chi connectivity index (χ4n) is 1.64. The van der Waals surface area contributed by atoms with Crippen LogP contribution >= 0.6 is 15.9 Å². The second-order valence-electron chi connectivity index (χ2n) is 4.06. The van der Waals surface area contributed by atoms with Crippen LogP contribution in [0.4, 0.5) is 0 Å². The van der Waals surface area contributed by atoms with Gasteiger partial charge >= 0.3 is 0 Å². The van der Waals surface area contributed by atoms with Crippen LogP contribution in [0.5, 0.6) is 0 Å². The molecule has 1 heterocycles. The summed E-state index contributed by atoms with van der Waals surface area (Å²) in [6.45, 7) is 1.96. The molecule has 1 aromatic carbocycles. The van der Waals surface area contributed by atoms with Gasteiger partial charge in [-0.3, -0.25) is 4.79 Å². The minimum absolute atomic E-state index is 0.155. The van der Waals surface area contributed by atoms with Crippen LogP contribution in [0.1, 0.15) is 17.4 Å². The Hall–Kier alpha value is -1.46. The zero-order valence-corrected chi connectivity index (χ0v) is 11.5. The summed E-state index contributed by atoms with van der Waals surface area (Å²) < 4.78 is 2.23. The molecule has 1 atom stereocenters. The molecule has 5 heteroatoms. The van der Waals surface area contributed by atoms with Crippen molar-refractivity contribution < 1.29 is 5.11 Å². The van der Waals surface area contributed by atoms with Gasteiger partial charge in [0, 0.05) is 10.5 Å². The molecular weight excluding hydrogens is 296 g/mol. The lowest BCUT2D eigenvalue weighted by molar-refractivity contribution is 0.149. The molecule has 1 N–H and O–H groups in total. The molecule has 0 saturated heterocycles. The molecule has 0 aliphatic heterocycles. The second kappa shape index (κ2) is 5.46. The summed E-state index contributed by atoms with van der Waals surface area (Å²) >= 11 is 3.33. The fourth-order valence-corrected chi connectivity index (χ4v) is 1.90. The number of halogens is 1. The van der Waals surface area contributed by atoms with Crippen molar-refractivity contribution in [2.75, 3.05) is 0 Å². The fraction of sp³-hybridized carbons (Fsp3) is 0.231. The first-order valence-electron chi connectivity index (χ1n) is 5.54. The van der Waals surface area contributed by atoms with E-state index in [2.05, 4.69) is 21.0 Å². The molecule has 0 radical (unpaired) electrons. The number of benzene rings is 1. The highest BCUT2D eigenvalue weighted by molar-refractivity contribution is 9.10. The van der Waals surface area contributed by atoms with Crippen LogP contribution in [0.15, 0.2) is 45.7 Å². The van der Waals surface area contributed by atoms with Crippen LogP contribution in [-0.4, -0.2) is 14.9 Å². The summed E-state index contributed by atoms with van der Waals surface area (Å²) in [5.41, 5.74) is 1.29. The lowest BCUT2D eigenvalue weighted by Gasteiger charge is -2.12. The topological polar surface area (TPSA) is 55.1 Å². The Balaban J connectivity index is 2.21. The van der Waals surface area contributed by atoms with Crippen LogP contribution in [0.2, 0.25) is 0 Å². The van der Waals surface area contributed by atoms with Gasteiger partial charge in [-0.2, -0.15) is 5.10 Å². The minimum Gasteiger partial charge on any atom is -0.386 e. The van der Waals surface area contributed by atoms with Gasteiger partial charge in [0.1, 0.15) is 0 Å². The van der Waals surface area contributed by atoms with Crippen molar-refractivity contribution in [2.24, 2.45) is 0 Å². The van der Waals surface area contributed by atoms with E-state index in [1.165, 1.54) is 10.7 Å². The number of aromatic nitrogens is 2. The number of nitrogens with zero attached hydrogens (tertiary/aromatic N) is 2. The van der Waals surface area contributed by atoms with Crippen LogP contribution in [0.3, 0.4) is 0 Å². The van der Waals surface area contributed by atoms with Gasteiger partial charge in [0.25, 0.3) is 5.56 Å². The van der Waals surface area contributed by atoms with Gasteiger partial charge in [-0.15, -0.1) is 0 Å². The minimum atomic E-state index is -0.745. The maximum atomic E-state index is 11.6. The van der Waals surface area contributed by atoms with Crippen molar-refractivity contribution in [2.45, 2.75) is 19.6 Å². The zero-order valence-electron chi connectivity index (χ0n) is 9.88. The third kappa shape index (κ3) is 3.05. The number of aryl methyl sites for hydroxylation is 1. The average Bonchev–Trinajstić information content (AvgIpc) is 2.34. The lowest BCUT2D eigenvalue weighted by atomic mass is 10.1. The molecule has 4 nitrogen and oxygen atoms in total. The molecule has 0 saturated carbocycles. The van der Waals surface area contributed by atoms with E-state index in [9.17, 15) is 9.90 Å². The van der Waals surface area contributed by atoms with E-state index in [4.69, 9.17) is 0 Å². The van der Waals surface area contributed by atoms with Crippen molar-refractivity contribution >= 4 is 15.9 Å². The third-order valence-electron chi connectivity index (χ3n) is 2.60. The number of hydrogen-bond donors (Lipinski definition) is 1. The number of aliphatic hydroxyl groups excluding tert-OH is 1. The predicted molar refractivity (Wildman–Crippen MR) is 72.3 cm³/mol. The van der Waals surface area contributed by atoms with Gasteiger partial charge < -0.3 is 5.11 Å². The Labute approximate surface area is 113 Å². The van der Waals surface area contributed by atoms with Crippen LogP contribution < -0.4 is 5.56 Å². The molecule has 1 unspecified atom stereocenters. The summed E-state index contributed by atoms with van der Waals surface area (Å²) in [6, 6.07) is 10.4. The molecule has 0 aliphatic rings. The summed E-state index contributed by atoms with van der Waals surface area (Å²) in [4.78, 5) is 11.6. The Morgan fingerprint density at radius 3 is 2.61 bits per heavy atom. The van der Waals surface area contributed by atoms with Gasteiger partial charge in [0.2, 0.25) is 0 Å². The van der Waals surface area contributed by atoms with Gasteiger partial charge in [0.05, 0.1) is 18.3 Å². The molecular formula is C13H13BrN2O2. The van der Waals surface area contributed by atoms with E-state index in [-0.39, 0.29) is 12.1 Å². The Morgan fingerprint density at radius 1 is 1.28 bits per heavy atom. The Morgan fingerprint density at radius 2 is 1.94 bits per heavy atom. The van der Waals surface area contributed by atoms with E-state index < -0.39 is 6.10 Å². The second-order valence-corrected chi connectivity index (χ2v) is 4.98. The monoisotopic (exact) mass is 308 g/mol. The SMILES string of the molecule is Cc1ccc(=O)n(CC(O)c2ccc(Br)cc2)n1. The largest absolute Gasteiger partial charge is 0.386 e. The lowest BCUT2D eigenvalue weighted by Crippen LogP contribution is -2.25. The highest BCUT2D eigenvalue weighted by atomic mass is 79.9. The molecule has 94 valence electrons. The molecule has 0 bridgehead atoms. The van der Waals surface area contributed by atoms with Crippen molar-refractivity contribution in [1.29, 1.82) is 0 Å². The van der Waals surface area contributed by atoms with Gasteiger partial charge in [-0.05, 0) is 30.7 Å². The van der Waals surface area contributed by atoms with E-state index in [0.29, 0.717) is 0 Å². The first-order chi connectivity index (χ1) is 8.56. The summed E-state index contributed by atoms with van der Waals surface area (Å²) in [5.74, 6) is 0. The van der Waals surface area contributed by atoms with Crippen LogP contribution in [-0.2, 0) is 6.54 Å². The smallest absolute Gasteiger partial charge is 0.266 e. The van der Waals surface area contributed by atoms with E-state index in [0.717, 1.165) is 15.7 Å². The van der Waals surface area contributed by atoms with Gasteiger partial charge in [-0.1, -0.05) is 28.1 Å². The standard InChI is InChI=1S/C13H13BrN2O2/c1-9-2-7-13(18)16(15-9)8-12(17)10-3-5-11(14)6-4-10/h2-7,12,17H,8H2,1H3. The molecule has 18 heavy (non-hydrogen) atoms. The molecule has 2 rings (SSSR count). The molecule has 2 aromatic rings. The van der Waals surface area contributed by atoms with Crippen LogP contribution in [0, 0.1) is 6.92 Å². The number of aliphatic hydroxyl groups is 1. The van der Waals surface area contributed by atoms with Gasteiger partial charge in [0.15, 0.2) is 0 Å². The first kappa shape index (κ1) is 13.0. The maximum absolute atomic E-state index is 11.6. The van der Waals surface area contributed by atoms with E-state index in [1.54, 1.807) is 6.07 Å². The predicted octanol–water partition coefficient (Wildman–Crippen LogP) is 2.05. The van der Waals surface area contributed by atoms with Crippen LogP contribution in [0.25, 0.3) is 0 Å². The maximum Gasteiger partial charge on any atom is 0.266 e. The Bertz CT molecular complexity index is 593. The molecule has 0 aliphatic carbocycles. The molecule has 1 aromatic heterocycles. The van der Waals surface area contributed by atoms with E-state index >= 15 is 0 Å². The van der Waals surface area contributed by atoms with Crippen molar-refractivity contribution in [1.82, 2.24) is 9.78 Å².